The summed E-state index contributed by atoms with van der Waals surface area (Å²) in [7, 11) is 0. The molecule has 0 aliphatic carbocycles. The largest absolute Gasteiger partial charge is 0.383 e. The zero-order valence-corrected chi connectivity index (χ0v) is 10.7. The molecular weight excluding hydrogens is 280 g/mol. The molecule has 1 unspecified atom stereocenters. The minimum atomic E-state index is -0.490. The van der Waals surface area contributed by atoms with Crippen molar-refractivity contribution < 1.29 is 5.11 Å². The number of aryl methyl sites for hydroxylation is 1. The van der Waals surface area contributed by atoms with Crippen molar-refractivity contribution in [2.24, 2.45) is 0 Å². The molecule has 0 saturated carbocycles. The van der Waals surface area contributed by atoms with Crippen LogP contribution >= 0.6 is 38.6 Å². The third kappa shape index (κ3) is 1.80. The number of halogens is 1. The predicted molar refractivity (Wildman–Crippen MR) is 65.1 cm³/mol. The van der Waals surface area contributed by atoms with Crippen molar-refractivity contribution in [1.82, 2.24) is 0 Å². The highest BCUT2D eigenvalue weighted by molar-refractivity contribution is 9.10. The zero-order valence-electron chi connectivity index (χ0n) is 7.53. The fraction of sp³-hybridized carbons (Fsp3) is 0.200. The summed E-state index contributed by atoms with van der Waals surface area (Å²) in [5, 5.41) is 16.2. The van der Waals surface area contributed by atoms with E-state index in [0.29, 0.717) is 0 Å². The highest BCUT2D eigenvalue weighted by atomic mass is 79.9. The molecule has 0 aliphatic rings. The van der Waals surface area contributed by atoms with Gasteiger partial charge in [0.25, 0.3) is 0 Å². The van der Waals surface area contributed by atoms with Gasteiger partial charge in [-0.1, -0.05) is 0 Å². The van der Waals surface area contributed by atoms with Gasteiger partial charge in [-0.15, -0.1) is 11.3 Å². The van der Waals surface area contributed by atoms with Crippen molar-refractivity contribution in [3.05, 3.63) is 42.7 Å². The summed E-state index contributed by atoms with van der Waals surface area (Å²) in [4.78, 5) is 0.978. The molecule has 4 heteroatoms. The first-order valence-corrected chi connectivity index (χ1v) is 6.75. The molecule has 2 aromatic rings. The summed E-state index contributed by atoms with van der Waals surface area (Å²) in [6.45, 7) is 2.02. The Morgan fingerprint density at radius 3 is 2.71 bits per heavy atom. The molecule has 2 rings (SSSR count). The molecule has 2 heterocycles. The van der Waals surface area contributed by atoms with E-state index in [9.17, 15) is 5.11 Å². The van der Waals surface area contributed by atoms with Gasteiger partial charge in [0.2, 0.25) is 0 Å². The smallest absolute Gasteiger partial charge is 0.115 e. The molecule has 2 aromatic heterocycles. The van der Waals surface area contributed by atoms with E-state index in [1.165, 1.54) is 0 Å². The molecule has 0 amide bonds. The summed E-state index contributed by atoms with van der Waals surface area (Å²) >= 11 is 6.63. The number of hydrogen-bond acceptors (Lipinski definition) is 3. The first kappa shape index (κ1) is 10.4. The van der Waals surface area contributed by atoms with Gasteiger partial charge in [0, 0.05) is 4.47 Å². The molecule has 0 aliphatic heterocycles. The second kappa shape index (κ2) is 4.14. The van der Waals surface area contributed by atoms with E-state index in [4.69, 9.17) is 0 Å². The molecule has 0 bridgehead atoms. The van der Waals surface area contributed by atoms with Crippen molar-refractivity contribution in [2.45, 2.75) is 13.0 Å². The zero-order chi connectivity index (χ0) is 10.1. The van der Waals surface area contributed by atoms with E-state index in [-0.39, 0.29) is 0 Å². The lowest BCUT2D eigenvalue weighted by Gasteiger charge is -2.08. The maximum atomic E-state index is 10.1. The summed E-state index contributed by atoms with van der Waals surface area (Å²) in [6.07, 6.45) is -0.490. The molecule has 0 fully saturated rings. The average Bonchev–Trinajstić information content (AvgIpc) is 2.73. The van der Waals surface area contributed by atoms with Gasteiger partial charge in [-0.2, -0.15) is 11.3 Å². The van der Waals surface area contributed by atoms with Crippen molar-refractivity contribution in [1.29, 1.82) is 0 Å². The van der Waals surface area contributed by atoms with Gasteiger partial charge in [-0.05, 0) is 56.2 Å². The second-order valence-corrected chi connectivity index (χ2v) is 5.59. The number of aliphatic hydroxyl groups is 1. The molecule has 74 valence electrons. The van der Waals surface area contributed by atoms with Crippen molar-refractivity contribution in [2.75, 3.05) is 0 Å². The minimum absolute atomic E-state index is 0.490. The molecule has 0 saturated heterocycles. The third-order valence-corrected chi connectivity index (χ3v) is 4.89. The molecule has 0 radical (unpaired) electrons. The van der Waals surface area contributed by atoms with Crippen LogP contribution in [-0.4, -0.2) is 5.11 Å². The summed E-state index contributed by atoms with van der Waals surface area (Å²) in [5.41, 5.74) is 2.17. The Labute approximate surface area is 99.2 Å². The fourth-order valence-corrected chi connectivity index (χ4v) is 3.75. The Hall–Kier alpha value is -0.160. The maximum Gasteiger partial charge on any atom is 0.115 e. The summed E-state index contributed by atoms with van der Waals surface area (Å²) in [5.74, 6) is 0. The summed E-state index contributed by atoms with van der Waals surface area (Å²) < 4.78 is 0.987. The van der Waals surface area contributed by atoms with Gasteiger partial charge in [0.05, 0.1) is 4.88 Å². The van der Waals surface area contributed by atoms with E-state index in [1.54, 1.807) is 22.7 Å². The topological polar surface area (TPSA) is 20.2 Å². The molecular formula is C10H9BrOS2. The van der Waals surface area contributed by atoms with Crippen LogP contribution in [0, 0.1) is 6.92 Å². The van der Waals surface area contributed by atoms with Crippen molar-refractivity contribution >= 4 is 38.6 Å². The molecule has 1 nitrogen and oxygen atoms in total. The highest BCUT2D eigenvalue weighted by Crippen LogP contribution is 2.35. The summed E-state index contributed by atoms with van der Waals surface area (Å²) in [6, 6.07) is 1.96. The number of aliphatic hydroxyl groups excluding tert-OH is 1. The Bertz CT molecular complexity index is 393. The fourth-order valence-electron chi connectivity index (χ4n) is 1.29. The lowest BCUT2D eigenvalue weighted by atomic mass is 10.1. The number of thiophene rings is 2. The van der Waals surface area contributed by atoms with Crippen LogP contribution in [0.5, 0.6) is 0 Å². The maximum absolute atomic E-state index is 10.1. The van der Waals surface area contributed by atoms with E-state index < -0.39 is 6.10 Å². The molecule has 0 aromatic carbocycles. The van der Waals surface area contributed by atoms with Gasteiger partial charge in [0.1, 0.15) is 6.10 Å². The number of hydrogen-bond donors (Lipinski definition) is 1. The Morgan fingerprint density at radius 1 is 1.43 bits per heavy atom. The lowest BCUT2D eigenvalue weighted by molar-refractivity contribution is 0.223. The normalized spacial score (nSPS) is 13.1. The average molecular weight is 289 g/mol. The quantitative estimate of drug-likeness (QED) is 0.887. The molecule has 14 heavy (non-hydrogen) atoms. The van der Waals surface area contributed by atoms with Crippen LogP contribution in [0.4, 0.5) is 0 Å². The molecule has 1 N–H and O–H groups in total. The number of rotatable bonds is 2. The Balaban J connectivity index is 2.38. The molecule has 0 spiro atoms. The van der Waals surface area contributed by atoms with Crippen LogP contribution in [0.25, 0.3) is 0 Å². The first-order valence-electron chi connectivity index (χ1n) is 4.14. The van der Waals surface area contributed by atoms with Gasteiger partial charge < -0.3 is 5.11 Å². The Kier molecular flexibility index (Phi) is 3.07. The van der Waals surface area contributed by atoms with E-state index in [2.05, 4.69) is 21.3 Å². The van der Waals surface area contributed by atoms with Gasteiger partial charge in [-0.3, -0.25) is 0 Å². The van der Waals surface area contributed by atoms with Crippen LogP contribution in [0.2, 0.25) is 0 Å². The monoisotopic (exact) mass is 288 g/mol. The first-order chi connectivity index (χ1) is 6.70. The second-order valence-electron chi connectivity index (χ2n) is 3.05. The standard InChI is InChI=1S/C10H9BrOS2/c1-6-4-13-5-7(6)9(12)10-8(11)2-3-14-10/h2-5,9,12H,1H3. The van der Waals surface area contributed by atoms with Gasteiger partial charge >= 0.3 is 0 Å². The van der Waals surface area contributed by atoms with E-state index in [1.807, 2.05) is 23.8 Å². The lowest BCUT2D eigenvalue weighted by Crippen LogP contribution is -1.97. The van der Waals surface area contributed by atoms with Crippen LogP contribution in [-0.2, 0) is 0 Å². The predicted octanol–water partition coefficient (Wildman–Crippen LogP) is 3.96. The highest BCUT2D eigenvalue weighted by Gasteiger charge is 2.17. The SMILES string of the molecule is Cc1cscc1C(O)c1sccc1Br. The van der Waals surface area contributed by atoms with Crippen LogP contribution in [0.15, 0.2) is 26.7 Å². The van der Waals surface area contributed by atoms with Gasteiger partial charge in [-0.25, -0.2) is 0 Å². The third-order valence-electron chi connectivity index (χ3n) is 2.08. The van der Waals surface area contributed by atoms with Crippen LogP contribution < -0.4 is 0 Å². The molecule has 1 atom stereocenters. The van der Waals surface area contributed by atoms with Crippen molar-refractivity contribution in [3.63, 3.8) is 0 Å². The van der Waals surface area contributed by atoms with Crippen molar-refractivity contribution in [3.8, 4) is 0 Å². The van der Waals surface area contributed by atoms with Crippen LogP contribution in [0.1, 0.15) is 22.1 Å². The van der Waals surface area contributed by atoms with E-state index >= 15 is 0 Å². The minimum Gasteiger partial charge on any atom is -0.383 e. The van der Waals surface area contributed by atoms with Crippen LogP contribution in [0.3, 0.4) is 0 Å². The Morgan fingerprint density at radius 2 is 2.21 bits per heavy atom. The van der Waals surface area contributed by atoms with Gasteiger partial charge in [0.15, 0.2) is 0 Å². The van der Waals surface area contributed by atoms with E-state index in [0.717, 1.165) is 20.5 Å².